The van der Waals surface area contributed by atoms with E-state index in [1.807, 2.05) is 12.1 Å². The van der Waals surface area contributed by atoms with Gasteiger partial charge in [0.25, 0.3) is 0 Å². The predicted octanol–water partition coefficient (Wildman–Crippen LogP) is 2.93. The van der Waals surface area contributed by atoms with Gasteiger partial charge >= 0.3 is 0 Å². The molecule has 82 valence electrons. The van der Waals surface area contributed by atoms with E-state index in [4.69, 9.17) is 21.1 Å². The van der Waals surface area contributed by atoms with Crippen molar-refractivity contribution in [2.24, 2.45) is 0 Å². The van der Waals surface area contributed by atoms with E-state index in [1.165, 1.54) is 0 Å². The second-order valence-electron chi connectivity index (χ2n) is 2.98. The van der Waals surface area contributed by atoms with Gasteiger partial charge in [-0.05, 0) is 18.2 Å². The Kier molecular flexibility index (Phi) is 3.22. The van der Waals surface area contributed by atoms with Gasteiger partial charge in [0, 0.05) is 12.1 Å². The molecule has 0 atom stereocenters. The number of ether oxygens (including phenoxy) is 2. The second kappa shape index (κ2) is 4.81. The molecule has 5 heteroatoms. The average Bonchev–Trinajstić information content (AvgIpc) is 2.32. The summed E-state index contributed by atoms with van der Waals surface area (Å²) in [7, 11) is 1.60. The monoisotopic (exact) mass is 236 g/mol. The van der Waals surface area contributed by atoms with Crippen LogP contribution in [0.2, 0.25) is 5.15 Å². The summed E-state index contributed by atoms with van der Waals surface area (Å²) in [5, 5.41) is 7.79. The molecule has 0 spiro atoms. The largest absolute Gasteiger partial charge is 0.497 e. The van der Waals surface area contributed by atoms with Crippen molar-refractivity contribution >= 4 is 11.6 Å². The van der Waals surface area contributed by atoms with Crippen LogP contribution in [0.3, 0.4) is 0 Å². The van der Waals surface area contributed by atoms with E-state index in [1.54, 1.807) is 31.4 Å². The fraction of sp³-hybridized carbons (Fsp3) is 0.0909. The van der Waals surface area contributed by atoms with E-state index in [9.17, 15) is 0 Å². The molecule has 0 unspecified atom stereocenters. The molecular formula is C11H9ClN2O2. The van der Waals surface area contributed by atoms with Crippen LogP contribution < -0.4 is 9.47 Å². The third-order valence-electron chi connectivity index (χ3n) is 1.87. The molecule has 4 nitrogen and oxygen atoms in total. The van der Waals surface area contributed by atoms with Crippen molar-refractivity contribution in [1.29, 1.82) is 0 Å². The zero-order valence-corrected chi connectivity index (χ0v) is 9.31. The van der Waals surface area contributed by atoms with Gasteiger partial charge in [0.1, 0.15) is 11.5 Å². The Balaban J connectivity index is 2.16. The maximum absolute atomic E-state index is 5.61. The number of aromatic nitrogens is 2. The normalized spacial score (nSPS) is 9.88. The van der Waals surface area contributed by atoms with E-state index in [0.717, 1.165) is 5.75 Å². The van der Waals surface area contributed by atoms with Crippen molar-refractivity contribution in [3.05, 3.63) is 41.6 Å². The van der Waals surface area contributed by atoms with E-state index >= 15 is 0 Å². The molecule has 1 aromatic heterocycles. The maximum atomic E-state index is 5.61. The molecule has 1 heterocycles. The van der Waals surface area contributed by atoms with Crippen molar-refractivity contribution in [2.45, 2.75) is 0 Å². The molecule has 0 saturated carbocycles. The quantitative estimate of drug-likeness (QED) is 0.822. The van der Waals surface area contributed by atoms with Gasteiger partial charge in [0.15, 0.2) is 5.15 Å². The Bertz CT molecular complexity index is 474. The average molecular weight is 237 g/mol. The topological polar surface area (TPSA) is 44.2 Å². The Hall–Kier alpha value is -1.81. The Morgan fingerprint density at radius 2 is 1.88 bits per heavy atom. The molecule has 0 N–H and O–H groups in total. The van der Waals surface area contributed by atoms with Crippen LogP contribution in [0.15, 0.2) is 36.4 Å². The minimum absolute atomic E-state index is 0.331. The fourth-order valence-electron chi connectivity index (χ4n) is 1.14. The number of hydrogen-bond donors (Lipinski definition) is 0. The summed E-state index contributed by atoms with van der Waals surface area (Å²) in [6.45, 7) is 0. The fourth-order valence-corrected chi connectivity index (χ4v) is 1.24. The number of benzene rings is 1. The first kappa shape index (κ1) is 10.7. The minimum Gasteiger partial charge on any atom is -0.497 e. The summed E-state index contributed by atoms with van der Waals surface area (Å²) in [4.78, 5) is 0. The molecule has 2 rings (SSSR count). The molecule has 2 aromatic rings. The Morgan fingerprint density at radius 3 is 2.56 bits per heavy atom. The van der Waals surface area contributed by atoms with Gasteiger partial charge < -0.3 is 9.47 Å². The summed E-state index contributed by atoms with van der Waals surface area (Å²) in [6, 6.07) is 10.5. The van der Waals surface area contributed by atoms with Crippen LogP contribution in [0.5, 0.6) is 17.4 Å². The van der Waals surface area contributed by atoms with Crippen molar-refractivity contribution in [1.82, 2.24) is 10.2 Å². The second-order valence-corrected chi connectivity index (χ2v) is 3.36. The third kappa shape index (κ3) is 2.61. The van der Waals surface area contributed by atoms with E-state index in [-0.39, 0.29) is 0 Å². The first-order chi connectivity index (χ1) is 7.78. The molecule has 16 heavy (non-hydrogen) atoms. The minimum atomic E-state index is 0.331. The Morgan fingerprint density at radius 1 is 1.06 bits per heavy atom. The van der Waals surface area contributed by atoms with Crippen LogP contribution in [-0.4, -0.2) is 17.3 Å². The zero-order valence-electron chi connectivity index (χ0n) is 8.55. The lowest BCUT2D eigenvalue weighted by atomic mass is 10.3. The number of methoxy groups -OCH3 is 1. The molecule has 0 saturated heterocycles. The lowest BCUT2D eigenvalue weighted by Gasteiger charge is -2.05. The maximum Gasteiger partial charge on any atom is 0.238 e. The summed E-state index contributed by atoms with van der Waals surface area (Å²) < 4.78 is 10.5. The first-order valence-electron chi connectivity index (χ1n) is 4.59. The molecule has 0 aliphatic carbocycles. The van der Waals surface area contributed by atoms with Gasteiger partial charge in [-0.1, -0.05) is 17.7 Å². The molecule has 0 amide bonds. The molecule has 0 fully saturated rings. The SMILES string of the molecule is COc1cccc(Oc2ccc(Cl)nn2)c1. The van der Waals surface area contributed by atoms with E-state index in [0.29, 0.717) is 16.8 Å². The van der Waals surface area contributed by atoms with Crippen LogP contribution in [-0.2, 0) is 0 Å². The number of rotatable bonds is 3. The highest BCUT2D eigenvalue weighted by Gasteiger charge is 2.00. The summed E-state index contributed by atoms with van der Waals surface area (Å²) >= 11 is 5.61. The van der Waals surface area contributed by atoms with Crippen LogP contribution in [0.25, 0.3) is 0 Å². The molecule has 0 aliphatic heterocycles. The van der Waals surface area contributed by atoms with Crippen LogP contribution in [0.1, 0.15) is 0 Å². The molecule has 1 aromatic carbocycles. The van der Waals surface area contributed by atoms with Gasteiger partial charge in [0.05, 0.1) is 7.11 Å². The van der Waals surface area contributed by atoms with Crippen LogP contribution in [0, 0.1) is 0 Å². The highest BCUT2D eigenvalue weighted by Crippen LogP contribution is 2.23. The van der Waals surface area contributed by atoms with Gasteiger partial charge in [-0.25, -0.2) is 0 Å². The summed E-state index contributed by atoms with van der Waals surface area (Å²) in [5.74, 6) is 1.74. The van der Waals surface area contributed by atoms with E-state index < -0.39 is 0 Å². The summed E-state index contributed by atoms with van der Waals surface area (Å²) in [5.41, 5.74) is 0. The van der Waals surface area contributed by atoms with Crippen molar-refractivity contribution < 1.29 is 9.47 Å². The standard InChI is InChI=1S/C11H9ClN2O2/c1-15-8-3-2-4-9(7-8)16-11-6-5-10(12)13-14-11/h2-7H,1H3. The molecule has 0 bridgehead atoms. The van der Waals surface area contributed by atoms with Crippen molar-refractivity contribution in [2.75, 3.05) is 7.11 Å². The molecular weight excluding hydrogens is 228 g/mol. The van der Waals surface area contributed by atoms with Crippen molar-refractivity contribution in [3.63, 3.8) is 0 Å². The van der Waals surface area contributed by atoms with Crippen molar-refractivity contribution in [3.8, 4) is 17.4 Å². The number of nitrogens with zero attached hydrogens (tertiary/aromatic N) is 2. The van der Waals surface area contributed by atoms with E-state index in [2.05, 4.69) is 10.2 Å². The lowest BCUT2D eigenvalue weighted by Crippen LogP contribution is -1.90. The third-order valence-corrected chi connectivity index (χ3v) is 2.07. The lowest BCUT2D eigenvalue weighted by molar-refractivity contribution is 0.406. The molecule has 0 radical (unpaired) electrons. The molecule has 0 aliphatic rings. The zero-order chi connectivity index (χ0) is 11.4. The Labute approximate surface area is 97.8 Å². The number of halogens is 1. The van der Waals surface area contributed by atoms with Gasteiger partial charge in [-0.3, -0.25) is 0 Å². The number of hydrogen-bond acceptors (Lipinski definition) is 4. The van der Waals surface area contributed by atoms with Gasteiger partial charge in [-0.2, -0.15) is 0 Å². The first-order valence-corrected chi connectivity index (χ1v) is 4.97. The van der Waals surface area contributed by atoms with Crippen LogP contribution in [0.4, 0.5) is 0 Å². The smallest absolute Gasteiger partial charge is 0.238 e. The highest BCUT2D eigenvalue weighted by molar-refractivity contribution is 6.29. The predicted molar refractivity (Wildman–Crippen MR) is 60.1 cm³/mol. The van der Waals surface area contributed by atoms with Gasteiger partial charge in [0.2, 0.25) is 5.88 Å². The summed E-state index contributed by atoms with van der Waals surface area (Å²) in [6.07, 6.45) is 0. The van der Waals surface area contributed by atoms with Crippen LogP contribution >= 0.6 is 11.6 Å². The highest BCUT2D eigenvalue weighted by atomic mass is 35.5. The van der Waals surface area contributed by atoms with Gasteiger partial charge in [-0.15, -0.1) is 10.2 Å².